The van der Waals surface area contributed by atoms with Crippen molar-refractivity contribution in [1.82, 2.24) is 4.98 Å². The topological polar surface area (TPSA) is 59.1 Å². The maximum absolute atomic E-state index is 12.3. The third kappa shape index (κ3) is 2.98. The lowest BCUT2D eigenvalue weighted by Gasteiger charge is -2.05. The molecular weight excluding hydrogens is 351 g/mol. The fourth-order valence-corrected chi connectivity index (χ4v) is 4.22. The van der Waals surface area contributed by atoms with Gasteiger partial charge in [-0.05, 0) is 30.3 Å². The van der Waals surface area contributed by atoms with Crippen molar-refractivity contribution in [3.05, 3.63) is 52.5 Å². The Kier molecular flexibility index (Phi) is 3.79. The van der Waals surface area contributed by atoms with Crippen molar-refractivity contribution in [3.63, 3.8) is 0 Å². The van der Waals surface area contributed by atoms with Gasteiger partial charge in [0.15, 0.2) is 5.13 Å². The summed E-state index contributed by atoms with van der Waals surface area (Å²) in [5, 5.41) is 0.793. The fraction of sp³-hybridized carbons (Fsp3) is 0. The summed E-state index contributed by atoms with van der Waals surface area (Å²) in [5.74, 6) is 0. The molecule has 1 aromatic heterocycles. The van der Waals surface area contributed by atoms with Crippen LogP contribution in [0.25, 0.3) is 10.2 Å². The third-order valence-corrected chi connectivity index (χ3v) is 5.87. The second-order valence-electron chi connectivity index (χ2n) is 4.17. The minimum Gasteiger partial charge on any atom is -0.255 e. The first-order valence-electron chi connectivity index (χ1n) is 5.79. The smallest absolute Gasteiger partial charge is 0.255 e. The minimum atomic E-state index is -3.75. The highest BCUT2D eigenvalue weighted by Gasteiger charge is 2.17. The number of rotatable bonds is 3. The van der Waals surface area contributed by atoms with Crippen molar-refractivity contribution in [2.24, 2.45) is 0 Å². The Morgan fingerprint density at radius 3 is 2.52 bits per heavy atom. The molecular formula is C13H8Cl2N2O2S2. The number of hydrogen-bond acceptors (Lipinski definition) is 4. The van der Waals surface area contributed by atoms with E-state index in [-0.39, 0.29) is 9.92 Å². The van der Waals surface area contributed by atoms with Crippen molar-refractivity contribution < 1.29 is 8.42 Å². The number of anilines is 1. The van der Waals surface area contributed by atoms with Crippen LogP contribution in [0.3, 0.4) is 0 Å². The lowest BCUT2D eigenvalue weighted by Crippen LogP contribution is -2.12. The molecule has 0 fully saturated rings. The van der Waals surface area contributed by atoms with Crippen LogP contribution in [0, 0.1) is 0 Å². The highest BCUT2D eigenvalue weighted by atomic mass is 35.5. The normalized spacial score (nSPS) is 11.7. The van der Waals surface area contributed by atoms with Gasteiger partial charge in [-0.3, -0.25) is 4.72 Å². The summed E-state index contributed by atoms with van der Waals surface area (Å²) >= 11 is 12.9. The van der Waals surface area contributed by atoms with E-state index in [1.165, 1.54) is 29.5 Å². The van der Waals surface area contributed by atoms with Gasteiger partial charge in [-0.1, -0.05) is 46.7 Å². The summed E-state index contributed by atoms with van der Waals surface area (Å²) in [6.07, 6.45) is 0. The Labute approximate surface area is 135 Å². The Hall–Kier alpha value is -1.34. The van der Waals surface area contributed by atoms with E-state index in [1.54, 1.807) is 0 Å². The van der Waals surface area contributed by atoms with E-state index in [2.05, 4.69) is 9.71 Å². The van der Waals surface area contributed by atoms with Crippen LogP contribution in [0.15, 0.2) is 47.4 Å². The molecule has 108 valence electrons. The van der Waals surface area contributed by atoms with Crippen molar-refractivity contribution in [1.29, 1.82) is 0 Å². The number of fused-ring (bicyclic) bond motifs is 1. The van der Waals surface area contributed by atoms with Crippen LogP contribution in [-0.4, -0.2) is 13.4 Å². The zero-order valence-electron chi connectivity index (χ0n) is 10.4. The van der Waals surface area contributed by atoms with E-state index in [1.807, 2.05) is 24.3 Å². The van der Waals surface area contributed by atoms with Gasteiger partial charge < -0.3 is 0 Å². The molecule has 0 aliphatic rings. The maximum atomic E-state index is 12.3. The van der Waals surface area contributed by atoms with Gasteiger partial charge in [0, 0.05) is 0 Å². The standard InChI is InChI=1S/C13H8Cl2N2O2S2/c14-9-6-5-8(7-10(9)15)21(18,19)17-13-16-11-3-1-2-4-12(11)20-13/h1-7H,(H,16,17). The summed E-state index contributed by atoms with van der Waals surface area (Å²) in [4.78, 5) is 4.27. The number of thiazole rings is 1. The second-order valence-corrected chi connectivity index (χ2v) is 7.70. The molecule has 0 aliphatic carbocycles. The zero-order valence-corrected chi connectivity index (χ0v) is 13.5. The Morgan fingerprint density at radius 1 is 1.05 bits per heavy atom. The van der Waals surface area contributed by atoms with Gasteiger partial charge in [0.2, 0.25) is 0 Å². The number of halogens is 2. The average molecular weight is 359 g/mol. The van der Waals surface area contributed by atoms with Crippen LogP contribution >= 0.6 is 34.5 Å². The number of aromatic nitrogens is 1. The molecule has 0 atom stereocenters. The van der Waals surface area contributed by atoms with Crippen LogP contribution < -0.4 is 4.72 Å². The van der Waals surface area contributed by atoms with Gasteiger partial charge in [0.05, 0.1) is 25.2 Å². The molecule has 0 bridgehead atoms. The van der Waals surface area contributed by atoms with E-state index >= 15 is 0 Å². The van der Waals surface area contributed by atoms with Gasteiger partial charge in [-0.25, -0.2) is 13.4 Å². The van der Waals surface area contributed by atoms with Crippen molar-refractivity contribution >= 4 is 59.9 Å². The summed E-state index contributed by atoms with van der Waals surface area (Å²) in [7, 11) is -3.75. The van der Waals surface area contributed by atoms with Gasteiger partial charge in [0.1, 0.15) is 0 Å². The van der Waals surface area contributed by atoms with Crippen molar-refractivity contribution in [2.45, 2.75) is 4.90 Å². The molecule has 8 heteroatoms. The number of para-hydroxylation sites is 1. The number of nitrogens with zero attached hydrogens (tertiary/aromatic N) is 1. The molecule has 3 aromatic rings. The lowest BCUT2D eigenvalue weighted by atomic mass is 10.3. The van der Waals surface area contributed by atoms with Gasteiger partial charge in [-0.2, -0.15) is 0 Å². The van der Waals surface area contributed by atoms with Crippen molar-refractivity contribution in [3.8, 4) is 0 Å². The van der Waals surface area contributed by atoms with Crippen LogP contribution in [0.4, 0.5) is 5.13 Å². The van der Waals surface area contributed by atoms with E-state index in [4.69, 9.17) is 23.2 Å². The molecule has 0 spiro atoms. The predicted octanol–water partition coefficient (Wildman–Crippen LogP) is 4.40. The molecule has 0 amide bonds. The highest BCUT2D eigenvalue weighted by Crippen LogP contribution is 2.29. The molecule has 1 N–H and O–H groups in total. The Balaban J connectivity index is 1.96. The van der Waals surface area contributed by atoms with E-state index < -0.39 is 10.0 Å². The van der Waals surface area contributed by atoms with Crippen molar-refractivity contribution in [2.75, 3.05) is 4.72 Å². The monoisotopic (exact) mass is 358 g/mol. The second kappa shape index (κ2) is 5.46. The molecule has 3 rings (SSSR count). The largest absolute Gasteiger partial charge is 0.263 e. The molecule has 0 saturated carbocycles. The van der Waals surface area contributed by atoms with E-state index in [9.17, 15) is 8.42 Å². The molecule has 0 saturated heterocycles. The quantitative estimate of drug-likeness (QED) is 0.754. The third-order valence-electron chi connectivity index (χ3n) is 2.72. The van der Waals surface area contributed by atoms with Crippen LogP contribution in [0.1, 0.15) is 0 Å². The first-order valence-corrected chi connectivity index (χ1v) is 8.85. The number of sulfonamides is 1. The molecule has 0 aliphatic heterocycles. The SMILES string of the molecule is O=S(=O)(Nc1nc2ccccc2s1)c1ccc(Cl)c(Cl)c1. The fourth-order valence-electron chi connectivity index (χ4n) is 1.73. The summed E-state index contributed by atoms with van der Waals surface area (Å²) in [6.45, 7) is 0. The van der Waals surface area contributed by atoms with E-state index in [0.717, 1.165) is 10.2 Å². The van der Waals surface area contributed by atoms with E-state index in [0.29, 0.717) is 10.2 Å². The summed E-state index contributed by atoms with van der Waals surface area (Å²) in [6, 6.07) is 11.6. The molecule has 1 heterocycles. The summed E-state index contributed by atoms with van der Waals surface area (Å²) < 4.78 is 27.9. The average Bonchev–Trinajstić information content (AvgIpc) is 2.82. The maximum Gasteiger partial charge on any atom is 0.263 e. The minimum absolute atomic E-state index is 0.0381. The molecule has 21 heavy (non-hydrogen) atoms. The predicted molar refractivity (Wildman–Crippen MR) is 86.9 cm³/mol. The number of nitrogens with one attached hydrogen (secondary N) is 1. The van der Waals surface area contributed by atoms with Gasteiger partial charge >= 0.3 is 0 Å². The number of benzene rings is 2. The first-order chi connectivity index (χ1) is 9.95. The van der Waals surface area contributed by atoms with Gasteiger partial charge in [-0.15, -0.1) is 0 Å². The highest BCUT2D eigenvalue weighted by molar-refractivity contribution is 7.93. The Morgan fingerprint density at radius 2 is 1.81 bits per heavy atom. The molecule has 0 unspecified atom stereocenters. The summed E-state index contributed by atoms with van der Waals surface area (Å²) in [5.41, 5.74) is 0.745. The van der Waals surface area contributed by atoms with Gasteiger partial charge in [0.25, 0.3) is 10.0 Å². The lowest BCUT2D eigenvalue weighted by molar-refractivity contribution is 0.601. The zero-order chi connectivity index (χ0) is 15.0. The number of hydrogen-bond donors (Lipinski definition) is 1. The first kappa shape index (κ1) is 14.6. The molecule has 4 nitrogen and oxygen atoms in total. The van der Waals surface area contributed by atoms with Crippen LogP contribution in [-0.2, 0) is 10.0 Å². The van der Waals surface area contributed by atoms with Crippen LogP contribution in [0.2, 0.25) is 10.0 Å². The Bertz CT molecular complexity index is 890. The van der Waals surface area contributed by atoms with Crippen LogP contribution in [0.5, 0.6) is 0 Å². The molecule has 0 radical (unpaired) electrons. The molecule has 2 aromatic carbocycles.